The summed E-state index contributed by atoms with van der Waals surface area (Å²) in [6, 6.07) is -3.14. The molecule has 0 aromatic carbocycles. The van der Waals surface area contributed by atoms with Crippen LogP contribution in [-0.2, 0) is 28.5 Å². The van der Waals surface area contributed by atoms with Crippen LogP contribution in [0.25, 0.3) is 0 Å². The average Bonchev–Trinajstić information content (AvgIpc) is 2.71. The Bertz CT molecular complexity index is 975. The summed E-state index contributed by atoms with van der Waals surface area (Å²) >= 11 is 0. The Kier molecular flexibility index (Phi) is 11.2. The minimum atomic E-state index is -1.57. The van der Waals surface area contributed by atoms with E-state index in [4.69, 9.17) is 18.9 Å². The first-order valence-corrected chi connectivity index (χ1v) is 13.5. The van der Waals surface area contributed by atoms with Gasteiger partial charge in [0.25, 0.3) is 0 Å². The molecule has 2 N–H and O–H groups in total. The molecule has 0 bridgehead atoms. The lowest BCUT2D eigenvalue weighted by Crippen LogP contribution is -2.70. The molecule has 1 rings (SSSR count). The van der Waals surface area contributed by atoms with Crippen LogP contribution in [-0.4, -0.2) is 98.6 Å². The topological polar surface area (TPSA) is 173 Å². The van der Waals surface area contributed by atoms with E-state index in [2.05, 4.69) is 10.9 Å². The highest BCUT2D eigenvalue weighted by Crippen LogP contribution is 2.22. The molecular formula is C27H47N5O10. The van der Waals surface area contributed by atoms with E-state index in [9.17, 15) is 28.8 Å². The van der Waals surface area contributed by atoms with E-state index >= 15 is 0 Å². The maximum absolute atomic E-state index is 14.0. The molecule has 0 aromatic heterocycles. The van der Waals surface area contributed by atoms with Gasteiger partial charge in [-0.3, -0.25) is 9.59 Å². The Morgan fingerprint density at radius 3 is 1.14 bits per heavy atom. The van der Waals surface area contributed by atoms with Gasteiger partial charge >= 0.3 is 24.4 Å². The van der Waals surface area contributed by atoms with Crippen molar-refractivity contribution in [2.75, 3.05) is 13.1 Å². The second kappa shape index (κ2) is 13.0. The Hall–Kier alpha value is -3.78. The van der Waals surface area contributed by atoms with Gasteiger partial charge in [0.05, 0.1) is 13.1 Å². The zero-order chi connectivity index (χ0) is 33.0. The zero-order valence-corrected chi connectivity index (χ0v) is 27.0. The summed E-state index contributed by atoms with van der Waals surface area (Å²) in [4.78, 5) is 79.8. The molecule has 5 amide bonds. The normalized spacial score (nSPS) is 17.9. The number of hydrogen-bond donors (Lipinski definition) is 2. The summed E-state index contributed by atoms with van der Waals surface area (Å²) in [5.74, 6) is -1.34. The number of amides is 5. The number of nitrogens with one attached hydrogen (secondary N) is 2. The van der Waals surface area contributed by atoms with Gasteiger partial charge in [0.1, 0.15) is 34.5 Å². The molecule has 1 saturated heterocycles. The van der Waals surface area contributed by atoms with Crippen molar-refractivity contribution < 1.29 is 47.7 Å². The van der Waals surface area contributed by atoms with E-state index in [1.807, 2.05) is 0 Å². The van der Waals surface area contributed by atoms with Gasteiger partial charge in [0.2, 0.25) is 5.91 Å². The number of likely N-dealkylation sites (tertiary alicyclic amines) is 1. The number of Topliss-reactive ketones (excluding diaryl/α,β-unsaturated/α-hetero) is 1. The highest BCUT2D eigenvalue weighted by Gasteiger charge is 2.48. The second-order valence-corrected chi connectivity index (χ2v) is 13.8. The molecule has 1 fully saturated rings. The van der Waals surface area contributed by atoms with Crippen molar-refractivity contribution in [2.45, 2.75) is 124 Å². The van der Waals surface area contributed by atoms with E-state index in [0.717, 1.165) is 0 Å². The molecule has 1 heterocycles. The predicted octanol–water partition coefficient (Wildman–Crippen LogP) is 3.51. The molecule has 15 nitrogen and oxygen atoms in total. The van der Waals surface area contributed by atoms with Crippen molar-refractivity contribution >= 4 is 36.1 Å². The van der Waals surface area contributed by atoms with Crippen molar-refractivity contribution in [2.24, 2.45) is 0 Å². The van der Waals surface area contributed by atoms with E-state index in [1.165, 1.54) is 11.8 Å². The Morgan fingerprint density at radius 1 is 0.619 bits per heavy atom. The summed E-state index contributed by atoms with van der Waals surface area (Å²) in [5, 5.41) is 1.23. The maximum Gasteiger partial charge on any atom is 0.430 e. The van der Waals surface area contributed by atoms with Gasteiger partial charge in [0, 0.05) is 6.92 Å². The minimum Gasteiger partial charge on any atom is -0.443 e. The molecule has 0 aliphatic carbocycles. The fourth-order valence-electron chi connectivity index (χ4n) is 3.49. The van der Waals surface area contributed by atoms with Crippen molar-refractivity contribution in [3.8, 4) is 0 Å². The molecule has 0 spiro atoms. The van der Waals surface area contributed by atoms with Crippen LogP contribution in [0, 0.1) is 0 Å². The first kappa shape index (κ1) is 36.2. The summed E-state index contributed by atoms with van der Waals surface area (Å²) in [6.45, 7) is 19.6. The number of nitrogens with zero attached hydrogens (tertiary/aromatic N) is 3. The third kappa shape index (κ3) is 12.4. The average molecular weight is 602 g/mol. The first-order valence-electron chi connectivity index (χ1n) is 13.5. The monoisotopic (exact) mass is 601 g/mol. The van der Waals surface area contributed by atoms with Crippen LogP contribution in [0.5, 0.6) is 0 Å². The lowest BCUT2D eigenvalue weighted by molar-refractivity contribution is -0.144. The predicted molar refractivity (Wildman–Crippen MR) is 150 cm³/mol. The molecule has 0 saturated carbocycles. The number of hydrogen-bond acceptors (Lipinski definition) is 10. The molecule has 0 radical (unpaired) electrons. The van der Waals surface area contributed by atoms with Gasteiger partial charge in [-0.1, -0.05) is 0 Å². The van der Waals surface area contributed by atoms with Crippen LogP contribution >= 0.6 is 0 Å². The number of carbonyl (C=O) groups excluding carboxylic acids is 6. The summed E-state index contributed by atoms with van der Waals surface area (Å²) in [5.41, 5.74) is 0.497. The number of piperidine rings is 1. The molecule has 1 aliphatic heterocycles. The van der Waals surface area contributed by atoms with E-state index < -0.39 is 70.6 Å². The van der Waals surface area contributed by atoms with Crippen molar-refractivity contribution in [3.05, 3.63) is 0 Å². The Labute approximate surface area is 247 Å². The smallest absolute Gasteiger partial charge is 0.430 e. The largest absolute Gasteiger partial charge is 0.443 e. The summed E-state index contributed by atoms with van der Waals surface area (Å²) in [6.07, 6.45) is -4.40. The molecule has 2 atom stereocenters. The standard InChI is InChI=1S/C27H47N5O10/c1-16(33)30-14-17(31(22(37)41-26(8,9)10)28-20(35)39-24(2,3)4)19(34)18(15-30)32(23(38)42-27(11,12)13)29-21(36)40-25(5,6)7/h17-18H,14-15H2,1-13H3,(H,28,35)(H,29,36). The van der Waals surface area contributed by atoms with Crippen LogP contribution in [0.3, 0.4) is 0 Å². The molecule has 240 valence electrons. The van der Waals surface area contributed by atoms with Gasteiger partial charge in [-0.15, -0.1) is 0 Å². The van der Waals surface area contributed by atoms with Gasteiger partial charge in [-0.05, 0) is 83.1 Å². The first-order chi connectivity index (χ1) is 18.7. The fraction of sp³-hybridized carbons (Fsp3) is 0.778. The number of carbonyl (C=O) groups is 6. The number of hydrazine groups is 2. The van der Waals surface area contributed by atoms with Crippen LogP contribution in [0.4, 0.5) is 19.2 Å². The van der Waals surface area contributed by atoms with Crippen LogP contribution < -0.4 is 10.9 Å². The third-order valence-corrected chi connectivity index (χ3v) is 4.91. The van der Waals surface area contributed by atoms with Gasteiger partial charge in [-0.2, -0.15) is 0 Å². The Balaban J connectivity index is 3.64. The van der Waals surface area contributed by atoms with Gasteiger partial charge < -0.3 is 23.8 Å². The SMILES string of the molecule is CC(=O)N1CC(N(NC(=O)OC(C)(C)C)C(=O)OC(C)(C)C)C(=O)C(N(NC(=O)OC(C)(C)C)C(=O)OC(C)(C)C)C1. The molecule has 15 heteroatoms. The maximum atomic E-state index is 14.0. The molecule has 0 aromatic rings. The number of rotatable bonds is 2. The fourth-order valence-corrected chi connectivity index (χ4v) is 3.49. The van der Waals surface area contributed by atoms with Crippen molar-refractivity contribution in [1.29, 1.82) is 0 Å². The third-order valence-electron chi connectivity index (χ3n) is 4.91. The lowest BCUT2D eigenvalue weighted by Gasteiger charge is -2.43. The van der Waals surface area contributed by atoms with Crippen LogP contribution in [0.15, 0.2) is 0 Å². The van der Waals surface area contributed by atoms with E-state index in [-0.39, 0.29) is 13.1 Å². The quantitative estimate of drug-likeness (QED) is 0.352. The second-order valence-electron chi connectivity index (χ2n) is 13.8. The molecule has 42 heavy (non-hydrogen) atoms. The highest BCUT2D eigenvalue weighted by molar-refractivity contribution is 5.96. The number of ketones is 1. The zero-order valence-electron chi connectivity index (χ0n) is 27.0. The molecule has 1 aliphatic rings. The lowest BCUT2D eigenvalue weighted by atomic mass is 9.98. The van der Waals surface area contributed by atoms with Gasteiger partial charge in [-0.25, -0.2) is 40.0 Å². The molecule has 2 unspecified atom stereocenters. The number of ether oxygens (including phenoxy) is 4. The summed E-state index contributed by atoms with van der Waals surface area (Å²) < 4.78 is 21.4. The highest BCUT2D eigenvalue weighted by atomic mass is 16.6. The molecular weight excluding hydrogens is 554 g/mol. The van der Waals surface area contributed by atoms with Gasteiger partial charge in [0.15, 0.2) is 5.78 Å². The minimum absolute atomic E-state index is 0.367. The van der Waals surface area contributed by atoms with E-state index in [0.29, 0.717) is 10.0 Å². The van der Waals surface area contributed by atoms with E-state index in [1.54, 1.807) is 83.1 Å². The van der Waals surface area contributed by atoms with Crippen LogP contribution in [0.2, 0.25) is 0 Å². The van der Waals surface area contributed by atoms with Crippen molar-refractivity contribution in [3.63, 3.8) is 0 Å². The van der Waals surface area contributed by atoms with Crippen molar-refractivity contribution in [1.82, 2.24) is 25.8 Å². The summed E-state index contributed by atoms with van der Waals surface area (Å²) in [7, 11) is 0. The Morgan fingerprint density at radius 2 is 0.905 bits per heavy atom. The van der Waals surface area contributed by atoms with Crippen LogP contribution in [0.1, 0.15) is 90.0 Å².